The summed E-state index contributed by atoms with van der Waals surface area (Å²) in [6, 6.07) is 9.72. The number of piperazine rings is 1. The zero-order valence-electron chi connectivity index (χ0n) is 14.0. The lowest BCUT2D eigenvalue weighted by Crippen LogP contribution is -2.47. The summed E-state index contributed by atoms with van der Waals surface area (Å²) in [6.45, 7) is 3.53. The van der Waals surface area contributed by atoms with Gasteiger partial charge in [0.05, 0.1) is 6.20 Å². The van der Waals surface area contributed by atoms with Gasteiger partial charge in [-0.15, -0.1) is 10.2 Å². The van der Waals surface area contributed by atoms with E-state index in [1.807, 2.05) is 42.7 Å². The van der Waals surface area contributed by atoms with E-state index in [2.05, 4.69) is 35.2 Å². The number of nitrogens with zero attached hydrogens (tertiary/aromatic N) is 9. The maximum absolute atomic E-state index is 4.67. The van der Waals surface area contributed by atoms with Crippen LogP contribution in [0.15, 0.2) is 55.1 Å². The third-order valence-corrected chi connectivity index (χ3v) is 4.55. The highest BCUT2D eigenvalue weighted by Crippen LogP contribution is 2.18. The van der Waals surface area contributed by atoms with E-state index in [0.29, 0.717) is 0 Å². The van der Waals surface area contributed by atoms with E-state index in [9.17, 15) is 0 Å². The number of hydrogen-bond donors (Lipinski definition) is 0. The van der Waals surface area contributed by atoms with Crippen molar-refractivity contribution in [2.24, 2.45) is 0 Å². The van der Waals surface area contributed by atoms with Crippen molar-refractivity contribution in [1.29, 1.82) is 0 Å². The lowest BCUT2D eigenvalue weighted by Gasteiger charge is -2.35. The van der Waals surface area contributed by atoms with Crippen molar-refractivity contribution in [3.63, 3.8) is 0 Å². The minimum absolute atomic E-state index is 0.718. The molecule has 0 unspecified atom stereocenters. The molecule has 0 amide bonds. The highest BCUT2D eigenvalue weighted by atomic mass is 15.4. The molecule has 0 bridgehead atoms. The van der Waals surface area contributed by atoms with E-state index in [0.717, 1.165) is 49.3 Å². The molecule has 0 aromatic carbocycles. The van der Waals surface area contributed by atoms with Crippen LogP contribution in [-0.4, -0.2) is 60.8 Å². The Hall–Kier alpha value is -3.49. The van der Waals surface area contributed by atoms with E-state index in [1.54, 1.807) is 21.6 Å². The summed E-state index contributed by atoms with van der Waals surface area (Å²) in [6.07, 6.45) is 7.29. The summed E-state index contributed by atoms with van der Waals surface area (Å²) >= 11 is 0. The Labute approximate surface area is 149 Å². The quantitative estimate of drug-likeness (QED) is 0.547. The molecule has 0 aliphatic carbocycles. The highest BCUT2D eigenvalue weighted by Gasteiger charge is 2.20. The lowest BCUT2D eigenvalue weighted by atomic mass is 10.3. The standard InChI is InChI=1S/C17H17N9/c1-6-18-25(8-1)17-3-2-16(21-22-17)24-12-10-23(11-13-24)14-5-9-26-15(20-14)4-7-19-26/h1-9H,10-13H2. The molecule has 5 rings (SSSR count). The Morgan fingerprint density at radius 1 is 0.692 bits per heavy atom. The second-order valence-corrected chi connectivity index (χ2v) is 6.09. The third-order valence-electron chi connectivity index (χ3n) is 4.55. The van der Waals surface area contributed by atoms with Gasteiger partial charge in [-0.2, -0.15) is 10.2 Å². The molecule has 9 nitrogen and oxygen atoms in total. The van der Waals surface area contributed by atoms with Crippen molar-refractivity contribution in [2.45, 2.75) is 0 Å². The molecular formula is C17H17N9. The van der Waals surface area contributed by atoms with Gasteiger partial charge >= 0.3 is 0 Å². The second kappa shape index (κ2) is 6.10. The molecule has 4 aromatic rings. The van der Waals surface area contributed by atoms with Gasteiger partial charge in [0.1, 0.15) is 5.82 Å². The Morgan fingerprint density at radius 2 is 1.46 bits per heavy atom. The van der Waals surface area contributed by atoms with Gasteiger partial charge in [0.2, 0.25) is 0 Å². The zero-order chi connectivity index (χ0) is 17.3. The number of anilines is 2. The molecule has 0 radical (unpaired) electrons. The Balaban J connectivity index is 1.27. The smallest absolute Gasteiger partial charge is 0.175 e. The van der Waals surface area contributed by atoms with Crippen LogP contribution in [0.2, 0.25) is 0 Å². The summed E-state index contributed by atoms with van der Waals surface area (Å²) in [5.41, 5.74) is 0.866. The van der Waals surface area contributed by atoms with Crippen LogP contribution in [-0.2, 0) is 0 Å². The molecule has 0 N–H and O–H groups in total. The normalized spacial score (nSPS) is 14.9. The van der Waals surface area contributed by atoms with Crippen molar-refractivity contribution >= 4 is 17.3 Å². The average molecular weight is 347 g/mol. The van der Waals surface area contributed by atoms with Crippen LogP contribution in [0.3, 0.4) is 0 Å². The Kier molecular flexibility index (Phi) is 3.48. The number of aromatic nitrogens is 7. The lowest BCUT2D eigenvalue weighted by molar-refractivity contribution is 0.636. The fourth-order valence-electron chi connectivity index (χ4n) is 3.16. The van der Waals surface area contributed by atoms with Gasteiger partial charge in [-0.3, -0.25) is 0 Å². The van der Waals surface area contributed by atoms with Crippen molar-refractivity contribution in [2.75, 3.05) is 36.0 Å². The molecule has 26 heavy (non-hydrogen) atoms. The molecule has 1 saturated heterocycles. The summed E-state index contributed by atoms with van der Waals surface area (Å²) in [4.78, 5) is 9.20. The minimum Gasteiger partial charge on any atom is -0.353 e. The third kappa shape index (κ3) is 2.63. The Morgan fingerprint density at radius 3 is 2.19 bits per heavy atom. The van der Waals surface area contributed by atoms with Crippen LogP contribution in [0.4, 0.5) is 11.6 Å². The molecule has 0 atom stereocenters. The summed E-state index contributed by atoms with van der Waals surface area (Å²) in [5.74, 6) is 2.59. The predicted molar refractivity (Wildman–Crippen MR) is 96.6 cm³/mol. The first-order valence-electron chi connectivity index (χ1n) is 8.51. The summed E-state index contributed by atoms with van der Waals surface area (Å²) in [5, 5.41) is 17.0. The van der Waals surface area contributed by atoms with Gasteiger partial charge in [0, 0.05) is 50.8 Å². The van der Waals surface area contributed by atoms with Gasteiger partial charge in [-0.1, -0.05) is 0 Å². The first-order chi connectivity index (χ1) is 12.9. The molecule has 1 aliphatic heterocycles. The van der Waals surface area contributed by atoms with Crippen LogP contribution in [0.25, 0.3) is 11.5 Å². The minimum atomic E-state index is 0.718. The molecule has 0 spiro atoms. The van der Waals surface area contributed by atoms with Crippen LogP contribution < -0.4 is 9.80 Å². The van der Waals surface area contributed by atoms with Crippen molar-refractivity contribution in [1.82, 2.24) is 34.6 Å². The molecule has 1 fully saturated rings. The van der Waals surface area contributed by atoms with E-state index < -0.39 is 0 Å². The molecule has 4 aromatic heterocycles. The van der Waals surface area contributed by atoms with E-state index in [-0.39, 0.29) is 0 Å². The van der Waals surface area contributed by atoms with Crippen LogP contribution in [0.1, 0.15) is 0 Å². The topological polar surface area (TPSA) is 80.3 Å². The van der Waals surface area contributed by atoms with Gasteiger partial charge in [0.15, 0.2) is 17.3 Å². The number of rotatable bonds is 3. The number of hydrogen-bond acceptors (Lipinski definition) is 7. The maximum atomic E-state index is 4.67. The van der Waals surface area contributed by atoms with Gasteiger partial charge in [-0.25, -0.2) is 14.2 Å². The van der Waals surface area contributed by atoms with E-state index >= 15 is 0 Å². The van der Waals surface area contributed by atoms with Crippen LogP contribution in [0.5, 0.6) is 0 Å². The van der Waals surface area contributed by atoms with E-state index in [1.165, 1.54) is 0 Å². The van der Waals surface area contributed by atoms with Crippen molar-refractivity contribution in [3.8, 4) is 5.82 Å². The second-order valence-electron chi connectivity index (χ2n) is 6.09. The summed E-state index contributed by atoms with van der Waals surface area (Å²) in [7, 11) is 0. The average Bonchev–Trinajstić information content (AvgIpc) is 3.39. The molecule has 1 aliphatic rings. The molecule has 130 valence electrons. The fraction of sp³-hybridized carbons (Fsp3) is 0.235. The van der Waals surface area contributed by atoms with E-state index in [4.69, 9.17) is 0 Å². The molecular weight excluding hydrogens is 330 g/mol. The molecule has 9 heteroatoms. The molecule has 5 heterocycles. The first-order valence-corrected chi connectivity index (χ1v) is 8.51. The van der Waals surface area contributed by atoms with Crippen molar-refractivity contribution < 1.29 is 0 Å². The largest absolute Gasteiger partial charge is 0.353 e. The SMILES string of the molecule is c1cnn(-c2ccc(N3CCN(c4ccn5nccc5n4)CC3)nn2)c1. The predicted octanol–water partition coefficient (Wildman–Crippen LogP) is 1.03. The van der Waals surface area contributed by atoms with Crippen molar-refractivity contribution in [3.05, 3.63) is 55.1 Å². The maximum Gasteiger partial charge on any atom is 0.175 e. The van der Waals surface area contributed by atoms with Gasteiger partial charge in [0.25, 0.3) is 0 Å². The van der Waals surface area contributed by atoms with Gasteiger partial charge < -0.3 is 9.80 Å². The molecule has 0 saturated carbocycles. The first kappa shape index (κ1) is 14.8. The fourth-order valence-corrected chi connectivity index (χ4v) is 3.16. The highest BCUT2D eigenvalue weighted by molar-refractivity contribution is 5.49. The summed E-state index contributed by atoms with van der Waals surface area (Å²) < 4.78 is 3.48. The van der Waals surface area contributed by atoms with Crippen LogP contribution in [0, 0.1) is 0 Å². The van der Waals surface area contributed by atoms with Gasteiger partial charge in [-0.05, 0) is 24.3 Å². The zero-order valence-corrected chi connectivity index (χ0v) is 14.0. The number of fused-ring (bicyclic) bond motifs is 1. The van der Waals surface area contributed by atoms with Crippen LogP contribution >= 0.6 is 0 Å². The monoisotopic (exact) mass is 347 g/mol. The Bertz CT molecular complexity index is 998.